The number of methoxy groups -OCH3 is 1. The largest absolute Gasteiger partial charge is 0.497 e. The standard InChI is InChI=1S/C16H17ClO3/c1-19-16-4-2-3-12(9-16)13(10-18)11-20-15-7-5-14(17)6-8-15/h2-9,13,18H,10-11H2,1H3. The van der Waals surface area contributed by atoms with Crippen molar-refractivity contribution in [3.05, 3.63) is 59.1 Å². The van der Waals surface area contributed by atoms with Gasteiger partial charge in [-0.2, -0.15) is 0 Å². The van der Waals surface area contributed by atoms with Crippen molar-refractivity contribution in [1.82, 2.24) is 0 Å². The normalized spacial score (nSPS) is 11.9. The zero-order valence-corrected chi connectivity index (χ0v) is 12.0. The molecule has 0 spiro atoms. The predicted octanol–water partition coefficient (Wildman–Crippen LogP) is 3.50. The molecule has 0 saturated carbocycles. The van der Waals surface area contributed by atoms with Gasteiger partial charge in [-0.3, -0.25) is 0 Å². The van der Waals surface area contributed by atoms with Gasteiger partial charge >= 0.3 is 0 Å². The summed E-state index contributed by atoms with van der Waals surface area (Å²) in [7, 11) is 1.62. The summed E-state index contributed by atoms with van der Waals surface area (Å²) in [6.07, 6.45) is 0. The van der Waals surface area contributed by atoms with Gasteiger partial charge in [0, 0.05) is 10.9 Å². The van der Waals surface area contributed by atoms with Gasteiger partial charge in [-0.05, 0) is 42.0 Å². The van der Waals surface area contributed by atoms with Gasteiger partial charge in [-0.25, -0.2) is 0 Å². The first-order chi connectivity index (χ1) is 9.72. The third-order valence-corrected chi connectivity index (χ3v) is 3.30. The molecule has 0 fully saturated rings. The van der Waals surface area contributed by atoms with Gasteiger partial charge in [0.1, 0.15) is 11.5 Å². The summed E-state index contributed by atoms with van der Waals surface area (Å²) in [5.74, 6) is 1.41. The van der Waals surface area contributed by atoms with E-state index < -0.39 is 0 Å². The number of aliphatic hydroxyl groups excluding tert-OH is 1. The highest BCUT2D eigenvalue weighted by Gasteiger charge is 2.12. The minimum absolute atomic E-state index is 0.0146. The van der Waals surface area contributed by atoms with Crippen LogP contribution in [0.1, 0.15) is 11.5 Å². The van der Waals surface area contributed by atoms with E-state index in [1.54, 1.807) is 19.2 Å². The molecule has 0 aliphatic heterocycles. The first-order valence-electron chi connectivity index (χ1n) is 6.36. The van der Waals surface area contributed by atoms with Gasteiger partial charge in [0.2, 0.25) is 0 Å². The fourth-order valence-electron chi connectivity index (χ4n) is 1.88. The van der Waals surface area contributed by atoms with Crippen LogP contribution < -0.4 is 9.47 Å². The molecule has 0 aliphatic carbocycles. The molecule has 2 aromatic carbocycles. The molecular formula is C16H17ClO3. The summed E-state index contributed by atoms with van der Waals surface area (Å²) in [5.41, 5.74) is 0.987. The van der Waals surface area contributed by atoms with Crippen LogP contribution in [0.5, 0.6) is 11.5 Å². The molecule has 1 atom stereocenters. The van der Waals surface area contributed by atoms with Crippen LogP contribution >= 0.6 is 11.6 Å². The van der Waals surface area contributed by atoms with Crippen LogP contribution in [0.4, 0.5) is 0 Å². The maximum absolute atomic E-state index is 9.52. The maximum atomic E-state index is 9.52. The van der Waals surface area contributed by atoms with E-state index in [-0.39, 0.29) is 12.5 Å². The van der Waals surface area contributed by atoms with Gasteiger partial charge in [0.15, 0.2) is 0 Å². The summed E-state index contributed by atoms with van der Waals surface area (Å²) in [5, 5.41) is 10.2. The topological polar surface area (TPSA) is 38.7 Å². The predicted molar refractivity (Wildman–Crippen MR) is 79.8 cm³/mol. The Hall–Kier alpha value is -1.71. The molecule has 20 heavy (non-hydrogen) atoms. The lowest BCUT2D eigenvalue weighted by Crippen LogP contribution is -2.14. The molecule has 106 valence electrons. The first kappa shape index (κ1) is 14.7. The lowest BCUT2D eigenvalue weighted by atomic mass is 10.0. The van der Waals surface area contributed by atoms with Crippen LogP contribution in [0, 0.1) is 0 Å². The minimum Gasteiger partial charge on any atom is -0.497 e. The molecule has 0 radical (unpaired) electrons. The summed E-state index contributed by atoms with van der Waals surface area (Å²) >= 11 is 5.82. The average Bonchev–Trinajstić information content (AvgIpc) is 2.50. The Balaban J connectivity index is 2.03. The molecule has 0 heterocycles. The third-order valence-electron chi connectivity index (χ3n) is 3.05. The number of hydrogen-bond donors (Lipinski definition) is 1. The fraction of sp³-hybridized carbons (Fsp3) is 0.250. The van der Waals surface area contributed by atoms with Gasteiger partial charge in [0.25, 0.3) is 0 Å². The van der Waals surface area contributed by atoms with Crippen LogP contribution in [0.2, 0.25) is 5.02 Å². The van der Waals surface area contributed by atoms with Crippen molar-refractivity contribution in [3.8, 4) is 11.5 Å². The molecule has 2 aromatic rings. The van der Waals surface area contributed by atoms with Crippen LogP contribution in [-0.4, -0.2) is 25.4 Å². The van der Waals surface area contributed by atoms with E-state index in [4.69, 9.17) is 21.1 Å². The molecule has 0 saturated heterocycles. The highest BCUT2D eigenvalue weighted by atomic mass is 35.5. The zero-order chi connectivity index (χ0) is 14.4. The van der Waals surface area contributed by atoms with Gasteiger partial charge in [-0.15, -0.1) is 0 Å². The highest BCUT2D eigenvalue weighted by Crippen LogP contribution is 2.22. The van der Waals surface area contributed by atoms with Gasteiger partial charge < -0.3 is 14.6 Å². The van der Waals surface area contributed by atoms with Gasteiger partial charge in [0.05, 0.1) is 20.3 Å². The molecular weight excluding hydrogens is 276 g/mol. The van der Waals surface area contributed by atoms with Crippen LogP contribution in [-0.2, 0) is 0 Å². The highest BCUT2D eigenvalue weighted by molar-refractivity contribution is 6.30. The molecule has 0 amide bonds. The van der Waals surface area contributed by atoms with Crippen LogP contribution in [0.3, 0.4) is 0 Å². The second kappa shape index (κ2) is 7.17. The van der Waals surface area contributed by atoms with Crippen molar-refractivity contribution in [1.29, 1.82) is 0 Å². The number of benzene rings is 2. The maximum Gasteiger partial charge on any atom is 0.119 e. The lowest BCUT2D eigenvalue weighted by molar-refractivity contribution is 0.205. The molecule has 1 N–H and O–H groups in total. The molecule has 0 aliphatic rings. The van der Waals surface area contributed by atoms with Gasteiger partial charge in [-0.1, -0.05) is 23.7 Å². The Morgan fingerprint density at radius 2 is 1.85 bits per heavy atom. The molecule has 0 aromatic heterocycles. The smallest absolute Gasteiger partial charge is 0.119 e. The molecule has 2 rings (SSSR count). The van der Waals surface area contributed by atoms with E-state index in [2.05, 4.69) is 0 Å². The van der Waals surface area contributed by atoms with Crippen molar-refractivity contribution in [3.63, 3.8) is 0 Å². The van der Waals surface area contributed by atoms with Crippen LogP contribution in [0.25, 0.3) is 0 Å². The Morgan fingerprint density at radius 3 is 2.50 bits per heavy atom. The molecule has 0 bridgehead atoms. The Morgan fingerprint density at radius 1 is 1.10 bits per heavy atom. The van der Waals surface area contributed by atoms with Crippen molar-refractivity contribution in [2.45, 2.75) is 5.92 Å². The number of aliphatic hydroxyl groups is 1. The van der Waals surface area contributed by atoms with E-state index in [0.29, 0.717) is 11.6 Å². The monoisotopic (exact) mass is 292 g/mol. The SMILES string of the molecule is COc1cccc(C(CO)COc2ccc(Cl)cc2)c1. The number of ether oxygens (including phenoxy) is 2. The lowest BCUT2D eigenvalue weighted by Gasteiger charge is -2.16. The van der Waals surface area contributed by atoms with E-state index in [1.165, 1.54) is 0 Å². The quantitative estimate of drug-likeness (QED) is 0.885. The average molecular weight is 293 g/mol. The number of rotatable bonds is 6. The van der Waals surface area contributed by atoms with E-state index in [0.717, 1.165) is 17.1 Å². The van der Waals surface area contributed by atoms with E-state index in [9.17, 15) is 5.11 Å². The Bertz CT molecular complexity index is 540. The molecule has 3 nitrogen and oxygen atoms in total. The first-order valence-corrected chi connectivity index (χ1v) is 6.74. The van der Waals surface area contributed by atoms with Crippen LogP contribution in [0.15, 0.2) is 48.5 Å². The summed E-state index contributed by atoms with van der Waals surface area (Å²) < 4.78 is 10.9. The van der Waals surface area contributed by atoms with Crippen molar-refractivity contribution >= 4 is 11.6 Å². The Kier molecular flexibility index (Phi) is 5.27. The molecule has 1 unspecified atom stereocenters. The van der Waals surface area contributed by atoms with Crippen molar-refractivity contribution in [2.75, 3.05) is 20.3 Å². The summed E-state index contributed by atoms with van der Waals surface area (Å²) in [6.45, 7) is 0.409. The van der Waals surface area contributed by atoms with E-state index in [1.807, 2.05) is 36.4 Å². The second-order valence-corrected chi connectivity index (χ2v) is 4.86. The molecule has 4 heteroatoms. The summed E-state index contributed by atoms with van der Waals surface area (Å²) in [4.78, 5) is 0. The zero-order valence-electron chi connectivity index (χ0n) is 11.3. The second-order valence-electron chi connectivity index (χ2n) is 4.42. The number of halogens is 1. The number of hydrogen-bond acceptors (Lipinski definition) is 3. The third kappa shape index (κ3) is 3.89. The minimum atomic E-state index is -0.0965. The Labute approximate surface area is 123 Å². The van der Waals surface area contributed by atoms with Crippen molar-refractivity contribution < 1.29 is 14.6 Å². The van der Waals surface area contributed by atoms with E-state index >= 15 is 0 Å². The fourth-order valence-corrected chi connectivity index (χ4v) is 2.00. The van der Waals surface area contributed by atoms with Crippen molar-refractivity contribution in [2.24, 2.45) is 0 Å². The summed E-state index contributed by atoms with van der Waals surface area (Å²) in [6, 6.07) is 14.8.